The van der Waals surface area contributed by atoms with Gasteiger partial charge in [-0.05, 0) is 30.5 Å². The zero-order valence-electron chi connectivity index (χ0n) is 13.3. The second-order valence-corrected chi connectivity index (χ2v) is 6.49. The number of aryl methyl sites for hydroxylation is 1. The summed E-state index contributed by atoms with van der Waals surface area (Å²) in [4.78, 5) is 25.3. The summed E-state index contributed by atoms with van der Waals surface area (Å²) in [6.45, 7) is 1.28. The van der Waals surface area contributed by atoms with Crippen molar-refractivity contribution in [3.63, 3.8) is 0 Å². The third kappa shape index (κ3) is 2.68. The normalized spacial score (nSPS) is 18.8. The molecule has 124 valence electrons. The SMILES string of the molecule is O=C(c1ccc(=O)[nH]n1)N1CCC2(CCc3ccccc3O2)CC1. The van der Waals surface area contributed by atoms with Gasteiger partial charge in [0, 0.05) is 32.0 Å². The molecule has 1 amide bonds. The summed E-state index contributed by atoms with van der Waals surface area (Å²) in [7, 11) is 0. The Labute approximate surface area is 139 Å². The van der Waals surface area contributed by atoms with Gasteiger partial charge in [-0.15, -0.1) is 0 Å². The van der Waals surface area contributed by atoms with E-state index in [1.54, 1.807) is 4.90 Å². The van der Waals surface area contributed by atoms with Gasteiger partial charge in [-0.2, -0.15) is 5.10 Å². The van der Waals surface area contributed by atoms with Crippen LogP contribution in [0.5, 0.6) is 5.75 Å². The van der Waals surface area contributed by atoms with Crippen molar-refractivity contribution in [3.05, 3.63) is 58.0 Å². The maximum atomic E-state index is 12.5. The predicted molar refractivity (Wildman–Crippen MR) is 88.1 cm³/mol. The molecule has 2 aliphatic heterocycles. The summed E-state index contributed by atoms with van der Waals surface area (Å²) in [5.74, 6) is 0.836. The highest BCUT2D eigenvalue weighted by Gasteiger charge is 2.40. The molecule has 6 heteroatoms. The van der Waals surface area contributed by atoms with Crippen LogP contribution >= 0.6 is 0 Å². The number of likely N-dealkylation sites (tertiary alicyclic amines) is 1. The van der Waals surface area contributed by atoms with Crippen LogP contribution in [0.15, 0.2) is 41.2 Å². The maximum absolute atomic E-state index is 12.5. The fourth-order valence-corrected chi connectivity index (χ4v) is 3.55. The van der Waals surface area contributed by atoms with Crippen LogP contribution < -0.4 is 10.3 Å². The van der Waals surface area contributed by atoms with Crippen molar-refractivity contribution in [2.45, 2.75) is 31.3 Å². The molecule has 1 saturated heterocycles. The third-order valence-corrected chi connectivity index (χ3v) is 5.01. The van der Waals surface area contributed by atoms with Crippen molar-refractivity contribution in [3.8, 4) is 5.75 Å². The minimum absolute atomic E-state index is 0.141. The first-order chi connectivity index (χ1) is 11.7. The van der Waals surface area contributed by atoms with Crippen LogP contribution in [-0.2, 0) is 6.42 Å². The van der Waals surface area contributed by atoms with Gasteiger partial charge < -0.3 is 9.64 Å². The molecule has 0 aliphatic carbocycles. The first-order valence-electron chi connectivity index (χ1n) is 8.27. The van der Waals surface area contributed by atoms with E-state index in [0.717, 1.165) is 31.4 Å². The molecule has 0 unspecified atom stereocenters. The maximum Gasteiger partial charge on any atom is 0.274 e. The van der Waals surface area contributed by atoms with Crippen molar-refractivity contribution >= 4 is 5.91 Å². The fourth-order valence-electron chi connectivity index (χ4n) is 3.55. The molecular formula is C18H19N3O3. The zero-order chi connectivity index (χ0) is 16.6. The number of rotatable bonds is 1. The number of carbonyl (C=O) groups is 1. The Hall–Kier alpha value is -2.63. The van der Waals surface area contributed by atoms with Gasteiger partial charge in [0.15, 0.2) is 0 Å². The average Bonchev–Trinajstić information content (AvgIpc) is 2.62. The van der Waals surface area contributed by atoms with Crippen LogP contribution in [0.3, 0.4) is 0 Å². The Balaban J connectivity index is 1.45. The summed E-state index contributed by atoms with van der Waals surface area (Å²) in [5.41, 5.74) is 1.07. The molecule has 1 aromatic carbocycles. The molecule has 0 radical (unpaired) electrons. The monoisotopic (exact) mass is 325 g/mol. The number of H-pyrrole nitrogens is 1. The molecule has 0 bridgehead atoms. The topological polar surface area (TPSA) is 75.3 Å². The smallest absolute Gasteiger partial charge is 0.274 e. The van der Waals surface area contributed by atoms with Gasteiger partial charge in [0.25, 0.3) is 11.5 Å². The van der Waals surface area contributed by atoms with Crippen LogP contribution in [0.2, 0.25) is 0 Å². The summed E-state index contributed by atoms with van der Waals surface area (Å²) in [5, 5.41) is 6.14. The second kappa shape index (κ2) is 5.78. The van der Waals surface area contributed by atoms with Crippen molar-refractivity contribution in [1.29, 1.82) is 0 Å². The molecule has 3 heterocycles. The van der Waals surface area contributed by atoms with Crippen LogP contribution in [0, 0.1) is 0 Å². The second-order valence-electron chi connectivity index (χ2n) is 6.49. The van der Waals surface area contributed by atoms with E-state index < -0.39 is 0 Å². The van der Waals surface area contributed by atoms with Gasteiger partial charge in [-0.3, -0.25) is 9.59 Å². The van der Waals surface area contributed by atoms with Crippen LogP contribution in [0.4, 0.5) is 0 Å². The molecule has 1 spiro atoms. The van der Waals surface area contributed by atoms with Crippen molar-refractivity contribution in [2.24, 2.45) is 0 Å². The summed E-state index contributed by atoms with van der Waals surface area (Å²) in [6, 6.07) is 11.0. The quantitative estimate of drug-likeness (QED) is 0.867. The molecule has 24 heavy (non-hydrogen) atoms. The number of aromatic amines is 1. The summed E-state index contributed by atoms with van der Waals surface area (Å²) in [6.07, 6.45) is 3.64. The Morgan fingerprint density at radius 3 is 2.67 bits per heavy atom. The zero-order valence-corrected chi connectivity index (χ0v) is 13.3. The molecule has 1 fully saturated rings. The summed E-state index contributed by atoms with van der Waals surface area (Å²) < 4.78 is 6.31. The molecule has 2 aliphatic rings. The number of nitrogens with one attached hydrogen (secondary N) is 1. The van der Waals surface area contributed by atoms with Crippen molar-refractivity contribution in [1.82, 2.24) is 15.1 Å². The van der Waals surface area contributed by atoms with Crippen LogP contribution in [-0.4, -0.2) is 39.7 Å². The Morgan fingerprint density at radius 1 is 1.12 bits per heavy atom. The van der Waals surface area contributed by atoms with E-state index in [0.29, 0.717) is 13.1 Å². The molecule has 6 nitrogen and oxygen atoms in total. The molecule has 1 aromatic heterocycles. The molecule has 4 rings (SSSR count). The first-order valence-corrected chi connectivity index (χ1v) is 8.27. The van der Waals surface area contributed by atoms with Crippen molar-refractivity contribution in [2.75, 3.05) is 13.1 Å². The number of hydrogen-bond acceptors (Lipinski definition) is 4. The number of ether oxygens (including phenoxy) is 1. The highest BCUT2D eigenvalue weighted by atomic mass is 16.5. The Kier molecular flexibility index (Phi) is 3.59. The largest absolute Gasteiger partial charge is 0.487 e. The van der Waals surface area contributed by atoms with Crippen LogP contribution in [0.1, 0.15) is 35.3 Å². The minimum Gasteiger partial charge on any atom is -0.487 e. The minimum atomic E-state index is -0.307. The molecule has 0 saturated carbocycles. The third-order valence-electron chi connectivity index (χ3n) is 5.01. The van der Waals surface area contributed by atoms with Gasteiger partial charge in [0.1, 0.15) is 17.0 Å². The lowest BCUT2D eigenvalue weighted by Gasteiger charge is -2.44. The number of amides is 1. The standard InChI is InChI=1S/C18H19N3O3/c22-16-6-5-14(19-20-16)17(23)21-11-9-18(10-12-21)8-7-13-3-1-2-4-15(13)24-18/h1-6H,7-12H2,(H,20,22). The van der Waals surface area contributed by atoms with Gasteiger partial charge in [-0.25, -0.2) is 5.10 Å². The highest BCUT2D eigenvalue weighted by Crippen LogP contribution is 2.39. The number of fused-ring (bicyclic) bond motifs is 1. The predicted octanol–water partition coefficient (Wildman–Crippen LogP) is 1.77. The average molecular weight is 325 g/mol. The van der Waals surface area contributed by atoms with E-state index in [1.807, 2.05) is 18.2 Å². The molecule has 0 atom stereocenters. The first kappa shape index (κ1) is 14.9. The number of aromatic nitrogens is 2. The van der Waals surface area contributed by atoms with E-state index in [4.69, 9.17) is 4.74 Å². The lowest BCUT2D eigenvalue weighted by molar-refractivity contribution is -0.0108. The number of para-hydroxylation sites is 1. The number of carbonyl (C=O) groups excluding carboxylic acids is 1. The van der Waals surface area contributed by atoms with Gasteiger partial charge in [0.2, 0.25) is 0 Å². The Bertz CT molecular complexity index is 802. The molecular weight excluding hydrogens is 306 g/mol. The number of piperidine rings is 1. The number of nitrogens with zero attached hydrogens (tertiary/aromatic N) is 2. The van der Waals surface area contributed by atoms with Gasteiger partial charge in [-0.1, -0.05) is 18.2 Å². The van der Waals surface area contributed by atoms with Gasteiger partial charge in [0.05, 0.1) is 0 Å². The van der Waals surface area contributed by atoms with E-state index in [9.17, 15) is 9.59 Å². The number of hydrogen-bond donors (Lipinski definition) is 1. The molecule has 1 N–H and O–H groups in total. The van der Waals surface area contributed by atoms with Crippen LogP contribution in [0.25, 0.3) is 0 Å². The number of benzene rings is 1. The lowest BCUT2D eigenvalue weighted by Crippen LogP contribution is -2.51. The molecule has 2 aromatic rings. The van der Waals surface area contributed by atoms with E-state index >= 15 is 0 Å². The van der Waals surface area contributed by atoms with E-state index in [1.165, 1.54) is 17.7 Å². The van der Waals surface area contributed by atoms with Crippen molar-refractivity contribution < 1.29 is 9.53 Å². The lowest BCUT2D eigenvalue weighted by atomic mass is 9.83. The Morgan fingerprint density at radius 2 is 1.92 bits per heavy atom. The van der Waals surface area contributed by atoms with E-state index in [-0.39, 0.29) is 22.8 Å². The summed E-state index contributed by atoms with van der Waals surface area (Å²) >= 11 is 0. The van der Waals surface area contributed by atoms with E-state index in [2.05, 4.69) is 16.3 Å². The van der Waals surface area contributed by atoms with Gasteiger partial charge >= 0.3 is 0 Å². The fraction of sp³-hybridized carbons (Fsp3) is 0.389. The highest BCUT2D eigenvalue weighted by molar-refractivity contribution is 5.92.